The molecule has 0 atom stereocenters. The highest BCUT2D eigenvalue weighted by Gasteiger charge is 2.43. The Kier molecular flexibility index (Phi) is 7.79. The summed E-state index contributed by atoms with van der Waals surface area (Å²) in [6, 6.07) is 38.5. The second-order valence-corrected chi connectivity index (χ2v) is 14.7. The largest absolute Gasteiger partial charge is 0.309 e. The fourth-order valence-electron chi connectivity index (χ4n) is 4.77. The Hall–Kier alpha value is -3.18. The third kappa shape index (κ3) is 4.64. The first-order valence-electron chi connectivity index (χ1n) is 12.1. The van der Waals surface area contributed by atoms with E-state index in [2.05, 4.69) is 0 Å². The summed E-state index contributed by atoms with van der Waals surface area (Å²) in [4.78, 5) is 0. The third-order valence-electron chi connectivity index (χ3n) is 6.28. The first kappa shape index (κ1) is 25.9. The number of hydrogen-bond acceptors (Lipinski definition) is 2. The molecule has 0 fully saturated rings. The van der Waals surface area contributed by atoms with E-state index in [4.69, 9.17) is 0 Å². The molecule has 4 aromatic carbocycles. The molecule has 0 bridgehead atoms. The molecule has 0 aliphatic heterocycles. The first-order chi connectivity index (χ1) is 17.3. The number of benzene rings is 4. The fraction of sp³-hybridized carbons (Fsp3) is 0.125. The average molecular weight is 511 g/mol. The van der Waals surface area contributed by atoms with E-state index < -0.39 is 14.3 Å². The topological polar surface area (TPSA) is 34.1 Å². The van der Waals surface area contributed by atoms with Crippen LogP contribution in [-0.2, 0) is 9.13 Å². The van der Waals surface area contributed by atoms with E-state index in [9.17, 15) is 0 Å². The van der Waals surface area contributed by atoms with Crippen LogP contribution in [0.25, 0.3) is 0 Å². The van der Waals surface area contributed by atoms with Crippen LogP contribution in [0.4, 0.5) is 0 Å². The monoisotopic (exact) mass is 510 g/mol. The van der Waals surface area contributed by atoms with Crippen LogP contribution in [0, 0.1) is 0 Å². The van der Waals surface area contributed by atoms with Crippen molar-refractivity contribution in [2.24, 2.45) is 0 Å². The zero-order valence-electron chi connectivity index (χ0n) is 21.3. The molecule has 4 aromatic rings. The summed E-state index contributed by atoms with van der Waals surface area (Å²) in [5.41, 5.74) is 1.80. The summed E-state index contributed by atoms with van der Waals surface area (Å²) in [5.74, 6) is 0. The molecule has 36 heavy (non-hydrogen) atoms. The van der Waals surface area contributed by atoms with Gasteiger partial charge in [-0.25, -0.2) is 0 Å². The average Bonchev–Trinajstić information content (AvgIpc) is 2.92. The third-order valence-corrected chi connectivity index (χ3v) is 13.2. The molecule has 0 heterocycles. The molecule has 0 amide bonds. The second-order valence-electron chi connectivity index (χ2n) is 9.26. The van der Waals surface area contributed by atoms with Gasteiger partial charge in [0.1, 0.15) is 0 Å². The predicted molar refractivity (Wildman–Crippen MR) is 156 cm³/mol. The highest BCUT2D eigenvalue weighted by molar-refractivity contribution is 7.87. The zero-order chi connectivity index (χ0) is 25.8. The van der Waals surface area contributed by atoms with Gasteiger partial charge in [0.2, 0.25) is 0 Å². The van der Waals surface area contributed by atoms with Crippen molar-refractivity contribution in [3.63, 3.8) is 0 Å². The minimum absolute atomic E-state index is 0.677. The van der Waals surface area contributed by atoms with Crippen molar-refractivity contribution in [1.29, 1.82) is 0 Å². The van der Waals surface area contributed by atoms with Crippen LogP contribution in [0.15, 0.2) is 143 Å². The molecule has 4 rings (SSSR count). The maximum atomic E-state index is 15.6. The standard InChI is InChI=1S/C32H32O2P2/c1-25(2)31(35(33,27-17-9-5-10-18-27)28-19-11-6-12-20-28)32(26(3)4)36(34,29-21-13-7-14-22-29)30-23-15-8-16-24-30/h5-24H,1-4H3. The van der Waals surface area contributed by atoms with Crippen molar-refractivity contribution in [1.82, 2.24) is 0 Å². The van der Waals surface area contributed by atoms with Crippen LogP contribution >= 0.6 is 14.3 Å². The molecule has 0 saturated carbocycles. The predicted octanol–water partition coefficient (Wildman–Crippen LogP) is 7.60. The van der Waals surface area contributed by atoms with E-state index in [1.807, 2.05) is 149 Å². The van der Waals surface area contributed by atoms with Gasteiger partial charge >= 0.3 is 0 Å². The summed E-state index contributed by atoms with van der Waals surface area (Å²) < 4.78 is 31.2. The van der Waals surface area contributed by atoms with Gasteiger partial charge in [-0.2, -0.15) is 0 Å². The summed E-state index contributed by atoms with van der Waals surface area (Å²) in [6.45, 7) is 7.93. The number of allylic oxidation sites excluding steroid dienone is 4. The lowest BCUT2D eigenvalue weighted by Gasteiger charge is -2.32. The Labute approximate surface area is 215 Å². The Morgan fingerprint density at radius 2 is 0.583 bits per heavy atom. The van der Waals surface area contributed by atoms with Gasteiger partial charge in [-0.3, -0.25) is 0 Å². The van der Waals surface area contributed by atoms with Gasteiger partial charge in [0.15, 0.2) is 14.3 Å². The van der Waals surface area contributed by atoms with Crippen molar-refractivity contribution in [3.8, 4) is 0 Å². The Balaban J connectivity index is 2.15. The molecule has 0 unspecified atom stereocenters. The van der Waals surface area contributed by atoms with E-state index in [0.717, 1.165) is 32.4 Å². The smallest absolute Gasteiger partial charge is 0.171 e. The zero-order valence-corrected chi connectivity index (χ0v) is 23.0. The Morgan fingerprint density at radius 3 is 0.750 bits per heavy atom. The van der Waals surface area contributed by atoms with Crippen LogP contribution in [0.5, 0.6) is 0 Å². The van der Waals surface area contributed by atoms with Crippen LogP contribution in [-0.4, -0.2) is 0 Å². The van der Waals surface area contributed by atoms with E-state index in [1.165, 1.54) is 0 Å². The Bertz CT molecular complexity index is 1280. The molecular formula is C32H32O2P2. The van der Waals surface area contributed by atoms with Gasteiger partial charge < -0.3 is 9.13 Å². The van der Waals surface area contributed by atoms with Gasteiger partial charge in [-0.15, -0.1) is 0 Å². The van der Waals surface area contributed by atoms with Crippen molar-refractivity contribution in [2.45, 2.75) is 27.7 Å². The summed E-state index contributed by atoms with van der Waals surface area (Å²) >= 11 is 0. The van der Waals surface area contributed by atoms with Crippen LogP contribution in [0.1, 0.15) is 27.7 Å². The molecule has 0 radical (unpaired) electrons. The molecule has 0 aromatic heterocycles. The highest BCUT2D eigenvalue weighted by Crippen LogP contribution is 2.66. The molecule has 0 aliphatic carbocycles. The summed E-state index contributed by atoms with van der Waals surface area (Å²) in [7, 11) is -6.78. The normalized spacial score (nSPS) is 11.6. The molecule has 4 heteroatoms. The van der Waals surface area contributed by atoms with E-state index in [-0.39, 0.29) is 0 Å². The highest BCUT2D eigenvalue weighted by atomic mass is 31.2. The Morgan fingerprint density at radius 1 is 0.389 bits per heavy atom. The van der Waals surface area contributed by atoms with E-state index in [1.54, 1.807) is 0 Å². The maximum Gasteiger partial charge on any atom is 0.171 e. The molecule has 0 aliphatic rings. The lowest BCUT2D eigenvalue weighted by Crippen LogP contribution is -2.24. The summed E-state index contributed by atoms with van der Waals surface area (Å²) in [5, 5.41) is 4.29. The number of rotatable bonds is 7. The van der Waals surface area contributed by atoms with Gasteiger partial charge in [0.25, 0.3) is 0 Å². The lowest BCUT2D eigenvalue weighted by molar-refractivity contribution is 0.587. The number of hydrogen-bond donors (Lipinski definition) is 0. The molecule has 0 N–H and O–H groups in total. The minimum atomic E-state index is -3.39. The SMILES string of the molecule is CC(C)=C(C(=C(C)C)P(=O)(c1ccccc1)c1ccccc1)P(=O)(c1ccccc1)c1ccccc1. The quantitative estimate of drug-likeness (QED) is 0.190. The summed E-state index contributed by atoms with van der Waals surface area (Å²) in [6.07, 6.45) is 0. The lowest BCUT2D eigenvalue weighted by atomic mass is 10.2. The van der Waals surface area contributed by atoms with Gasteiger partial charge in [0, 0.05) is 31.8 Å². The van der Waals surface area contributed by atoms with Gasteiger partial charge in [-0.05, 0) is 27.7 Å². The molecule has 0 spiro atoms. The molecule has 0 saturated heterocycles. The van der Waals surface area contributed by atoms with Crippen LogP contribution in [0.3, 0.4) is 0 Å². The second kappa shape index (κ2) is 10.8. The van der Waals surface area contributed by atoms with Gasteiger partial charge in [0.05, 0.1) is 0 Å². The van der Waals surface area contributed by atoms with Crippen molar-refractivity contribution in [2.75, 3.05) is 0 Å². The van der Waals surface area contributed by atoms with Crippen molar-refractivity contribution < 1.29 is 9.13 Å². The van der Waals surface area contributed by atoms with Crippen molar-refractivity contribution >= 4 is 35.5 Å². The van der Waals surface area contributed by atoms with Crippen molar-refractivity contribution in [3.05, 3.63) is 143 Å². The fourth-order valence-corrected chi connectivity index (χ4v) is 11.9. The molecular weight excluding hydrogens is 478 g/mol. The van der Waals surface area contributed by atoms with Gasteiger partial charge in [-0.1, -0.05) is 132 Å². The van der Waals surface area contributed by atoms with Crippen LogP contribution in [0.2, 0.25) is 0 Å². The minimum Gasteiger partial charge on any atom is -0.309 e. The first-order valence-corrected chi connectivity index (χ1v) is 15.5. The van der Waals surface area contributed by atoms with E-state index in [0.29, 0.717) is 10.6 Å². The van der Waals surface area contributed by atoms with E-state index >= 15 is 9.13 Å². The van der Waals surface area contributed by atoms with Crippen LogP contribution < -0.4 is 21.2 Å². The molecule has 182 valence electrons. The maximum absolute atomic E-state index is 15.6. The molecule has 2 nitrogen and oxygen atoms in total.